The molecule has 0 bridgehead atoms. The number of rotatable bonds is 4. The van der Waals surface area contributed by atoms with Crippen LogP contribution in [0.2, 0.25) is 0 Å². The van der Waals surface area contributed by atoms with Crippen LogP contribution in [-0.4, -0.2) is 18.4 Å². The largest absolute Gasteiger partial charge is 0.469 e. The summed E-state index contributed by atoms with van der Waals surface area (Å²) < 4.78 is 10.5. The average molecular weight is 316 g/mol. The quantitative estimate of drug-likeness (QED) is 0.638. The van der Waals surface area contributed by atoms with Crippen LogP contribution in [0, 0.1) is 5.92 Å². The van der Waals surface area contributed by atoms with Crippen molar-refractivity contribution in [2.24, 2.45) is 5.92 Å². The molecule has 0 fully saturated rings. The highest BCUT2D eigenvalue weighted by molar-refractivity contribution is 7.11. The number of carbonyl (C=O) groups is 2. The Bertz CT molecular complexity index is 682. The van der Waals surface area contributed by atoms with Gasteiger partial charge in [-0.3, -0.25) is 9.59 Å². The van der Waals surface area contributed by atoms with Gasteiger partial charge in [0.2, 0.25) is 0 Å². The Morgan fingerprint density at radius 3 is 2.91 bits per heavy atom. The van der Waals surface area contributed by atoms with Crippen molar-refractivity contribution in [3.63, 3.8) is 0 Å². The van der Waals surface area contributed by atoms with E-state index >= 15 is 0 Å². The molecule has 3 rings (SSSR count). The van der Waals surface area contributed by atoms with Crippen LogP contribution in [0.3, 0.4) is 0 Å². The van der Waals surface area contributed by atoms with Gasteiger partial charge in [-0.15, -0.1) is 11.3 Å². The minimum Gasteiger partial charge on any atom is -0.469 e. The van der Waals surface area contributed by atoms with Gasteiger partial charge in [0.05, 0.1) is 12.9 Å². The van der Waals surface area contributed by atoms with Gasteiger partial charge < -0.3 is 9.15 Å². The van der Waals surface area contributed by atoms with E-state index in [-0.39, 0.29) is 18.3 Å². The van der Waals surface area contributed by atoms with Crippen LogP contribution in [0.4, 0.5) is 0 Å². The molecule has 0 saturated heterocycles. The second-order valence-corrected chi connectivity index (χ2v) is 6.05. The van der Waals surface area contributed by atoms with Gasteiger partial charge in [-0.25, -0.2) is 0 Å². The SMILES string of the molecule is CCOC(=O)C1C(=O)C=C(c2cccs2)CC1c1ccco1. The Hall–Kier alpha value is -2.14. The molecule has 0 radical (unpaired) electrons. The van der Waals surface area contributed by atoms with E-state index in [1.165, 1.54) is 0 Å². The first-order valence-electron chi connectivity index (χ1n) is 7.19. The Morgan fingerprint density at radius 1 is 1.41 bits per heavy atom. The topological polar surface area (TPSA) is 56.5 Å². The van der Waals surface area contributed by atoms with Gasteiger partial charge in [0, 0.05) is 10.8 Å². The van der Waals surface area contributed by atoms with Gasteiger partial charge >= 0.3 is 5.97 Å². The Labute approximate surface area is 132 Å². The molecule has 1 aliphatic rings. The van der Waals surface area contributed by atoms with E-state index in [1.807, 2.05) is 23.6 Å². The van der Waals surface area contributed by atoms with Crippen LogP contribution in [0.15, 0.2) is 46.4 Å². The van der Waals surface area contributed by atoms with Gasteiger partial charge in [-0.05, 0) is 48.6 Å². The van der Waals surface area contributed by atoms with Crippen molar-refractivity contribution < 1.29 is 18.7 Å². The maximum absolute atomic E-state index is 12.5. The maximum atomic E-state index is 12.5. The smallest absolute Gasteiger partial charge is 0.317 e. The molecule has 114 valence electrons. The summed E-state index contributed by atoms with van der Waals surface area (Å²) in [5.41, 5.74) is 0.946. The Kier molecular flexibility index (Phi) is 4.24. The lowest BCUT2D eigenvalue weighted by molar-refractivity contribution is -0.151. The molecule has 0 aliphatic heterocycles. The zero-order valence-electron chi connectivity index (χ0n) is 12.2. The van der Waals surface area contributed by atoms with Crippen molar-refractivity contribution in [1.29, 1.82) is 0 Å². The second-order valence-electron chi connectivity index (χ2n) is 5.11. The zero-order chi connectivity index (χ0) is 15.5. The van der Waals surface area contributed by atoms with Crippen molar-refractivity contribution in [3.05, 3.63) is 52.6 Å². The average Bonchev–Trinajstić information content (AvgIpc) is 3.20. The number of ether oxygens (including phenoxy) is 1. The van der Waals surface area contributed by atoms with E-state index in [0.29, 0.717) is 12.2 Å². The molecular weight excluding hydrogens is 300 g/mol. The number of furan rings is 1. The predicted octanol–water partition coefficient (Wildman–Crippen LogP) is 3.66. The number of ketones is 1. The first-order chi connectivity index (χ1) is 10.7. The fourth-order valence-electron chi connectivity index (χ4n) is 2.79. The third kappa shape index (κ3) is 2.76. The van der Waals surface area contributed by atoms with Gasteiger partial charge in [-0.1, -0.05) is 6.07 Å². The molecule has 0 amide bonds. The minimum atomic E-state index is -0.824. The standard InChI is InChI=1S/C17H16O4S/c1-2-20-17(19)16-12(14-5-3-7-21-14)9-11(10-13(16)18)15-6-4-8-22-15/h3-8,10,12,16H,2,9H2,1H3. The van der Waals surface area contributed by atoms with Crippen LogP contribution in [-0.2, 0) is 14.3 Å². The molecule has 0 N–H and O–H groups in total. The van der Waals surface area contributed by atoms with Crippen molar-refractivity contribution >= 4 is 28.7 Å². The molecule has 0 spiro atoms. The van der Waals surface area contributed by atoms with Crippen molar-refractivity contribution in [3.8, 4) is 0 Å². The number of allylic oxidation sites excluding steroid dienone is 2. The molecule has 0 saturated carbocycles. The van der Waals surface area contributed by atoms with E-state index < -0.39 is 11.9 Å². The highest BCUT2D eigenvalue weighted by Crippen LogP contribution is 2.41. The molecule has 2 aromatic heterocycles. The summed E-state index contributed by atoms with van der Waals surface area (Å²) in [6.45, 7) is 2.00. The fraction of sp³-hybridized carbons (Fsp3) is 0.294. The van der Waals surface area contributed by atoms with Crippen LogP contribution in [0.25, 0.3) is 5.57 Å². The summed E-state index contributed by atoms with van der Waals surface area (Å²) in [5.74, 6) is -1.18. The summed E-state index contributed by atoms with van der Waals surface area (Å²) in [6.07, 6.45) is 3.72. The lowest BCUT2D eigenvalue weighted by Crippen LogP contribution is -2.33. The fourth-order valence-corrected chi connectivity index (χ4v) is 3.54. The van der Waals surface area contributed by atoms with Gasteiger partial charge in [-0.2, -0.15) is 0 Å². The molecular formula is C17H16O4S. The predicted molar refractivity (Wildman–Crippen MR) is 83.5 cm³/mol. The lowest BCUT2D eigenvalue weighted by Gasteiger charge is -2.27. The Balaban J connectivity index is 1.98. The van der Waals surface area contributed by atoms with E-state index in [2.05, 4.69) is 0 Å². The van der Waals surface area contributed by atoms with Crippen LogP contribution in [0.5, 0.6) is 0 Å². The minimum absolute atomic E-state index is 0.213. The van der Waals surface area contributed by atoms with Crippen LogP contribution < -0.4 is 0 Å². The number of carbonyl (C=O) groups excluding carboxylic acids is 2. The Morgan fingerprint density at radius 2 is 2.27 bits per heavy atom. The molecule has 2 aromatic rings. The molecule has 2 atom stereocenters. The highest BCUT2D eigenvalue weighted by Gasteiger charge is 2.41. The van der Waals surface area contributed by atoms with E-state index in [0.717, 1.165) is 10.5 Å². The summed E-state index contributed by atoms with van der Waals surface area (Å²) in [5, 5.41) is 1.97. The number of thiophene rings is 1. The number of hydrogen-bond donors (Lipinski definition) is 0. The van der Waals surface area contributed by atoms with Crippen LogP contribution in [0.1, 0.15) is 29.9 Å². The zero-order valence-corrected chi connectivity index (χ0v) is 13.0. The second kappa shape index (κ2) is 6.32. The molecule has 0 aromatic carbocycles. The van der Waals surface area contributed by atoms with Crippen molar-refractivity contribution in [1.82, 2.24) is 0 Å². The van der Waals surface area contributed by atoms with Crippen molar-refractivity contribution in [2.45, 2.75) is 19.3 Å². The first kappa shape index (κ1) is 14.8. The summed E-state index contributed by atoms with van der Waals surface area (Å²) in [6, 6.07) is 7.50. The third-order valence-corrected chi connectivity index (χ3v) is 4.70. The van der Waals surface area contributed by atoms with Crippen LogP contribution >= 0.6 is 11.3 Å². The number of hydrogen-bond acceptors (Lipinski definition) is 5. The summed E-state index contributed by atoms with van der Waals surface area (Å²) in [7, 11) is 0. The van der Waals surface area contributed by atoms with Gasteiger partial charge in [0.15, 0.2) is 5.78 Å². The highest BCUT2D eigenvalue weighted by atomic mass is 32.1. The molecule has 1 aliphatic carbocycles. The molecule has 5 heteroatoms. The number of esters is 1. The molecule has 22 heavy (non-hydrogen) atoms. The summed E-state index contributed by atoms with van der Waals surface area (Å²) >= 11 is 1.58. The molecule has 4 nitrogen and oxygen atoms in total. The van der Waals surface area contributed by atoms with E-state index in [9.17, 15) is 9.59 Å². The van der Waals surface area contributed by atoms with E-state index in [1.54, 1.807) is 36.7 Å². The monoisotopic (exact) mass is 316 g/mol. The van der Waals surface area contributed by atoms with E-state index in [4.69, 9.17) is 9.15 Å². The molecule has 2 heterocycles. The lowest BCUT2D eigenvalue weighted by atomic mass is 9.77. The normalized spacial score (nSPS) is 21.5. The van der Waals surface area contributed by atoms with Crippen molar-refractivity contribution in [2.75, 3.05) is 6.61 Å². The summed E-state index contributed by atoms with van der Waals surface area (Å²) in [4.78, 5) is 25.8. The maximum Gasteiger partial charge on any atom is 0.317 e. The molecule has 2 unspecified atom stereocenters. The van der Waals surface area contributed by atoms with Gasteiger partial charge in [0.25, 0.3) is 0 Å². The van der Waals surface area contributed by atoms with Gasteiger partial charge in [0.1, 0.15) is 11.7 Å². The first-order valence-corrected chi connectivity index (χ1v) is 8.07. The third-order valence-electron chi connectivity index (χ3n) is 3.75.